The molecule has 0 heterocycles. The summed E-state index contributed by atoms with van der Waals surface area (Å²) >= 11 is 0. The zero-order valence-electron chi connectivity index (χ0n) is 4.01. The van der Waals surface area contributed by atoms with Crippen molar-refractivity contribution in [2.75, 3.05) is 14.1 Å². The van der Waals surface area contributed by atoms with Crippen molar-refractivity contribution in [3.63, 3.8) is 0 Å². The summed E-state index contributed by atoms with van der Waals surface area (Å²) in [6.07, 6.45) is 0. The molecule has 1 radical (unpaired) electrons. The average molecular weight is 178 g/mol. The van der Waals surface area contributed by atoms with Crippen LogP contribution in [0.25, 0.3) is 0 Å². The number of hydrogen-bond acceptors (Lipinski definition) is 3. The van der Waals surface area contributed by atoms with Gasteiger partial charge in [0.05, 0.1) is 0 Å². The van der Waals surface area contributed by atoms with Gasteiger partial charge in [0.25, 0.3) is 0 Å². The van der Waals surface area contributed by atoms with Crippen molar-refractivity contribution in [2.45, 2.75) is 0 Å². The monoisotopic (exact) mass is 179 g/mol. The Morgan fingerprint density at radius 3 is 1.17 bits per heavy atom. The van der Waals surface area contributed by atoms with Crippen molar-refractivity contribution in [1.29, 1.82) is 0 Å². The van der Waals surface area contributed by atoms with Gasteiger partial charge in [-0.3, -0.25) is 11.7 Å². The normalized spacial score (nSPS) is 4.00. The molecule has 0 unspecified atom stereocenters. The Hall–Kier alpha value is 0.503. The van der Waals surface area contributed by atoms with Gasteiger partial charge in [-0.2, -0.15) is 0 Å². The van der Waals surface area contributed by atoms with Crippen molar-refractivity contribution in [1.82, 2.24) is 5.32 Å². The third-order valence-electron chi connectivity index (χ3n) is 0. The van der Waals surface area contributed by atoms with Crippen LogP contribution in [-0.4, -0.2) is 14.1 Å². The van der Waals surface area contributed by atoms with E-state index >= 15 is 0 Å². The number of rotatable bonds is 0. The van der Waals surface area contributed by atoms with E-state index in [1.807, 2.05) is 14.1 Å². The van der Waals surface area contributed by atoms with Crippen molar-refractivity contribution < 1.29 is 19.5 Å². The molecule has 0 aromatic heterocycles. The van der Waals surface area contributed by atoms with Crippen molar-refractivity contribution in [3.05, 3.63) is 0 Å². The van der Waals surface area contributed by atoms with Gasteiger partial charge >= 0.3 is 19.5 Å². The molecule has 4 heteroatoms. The molecule has 0 spiro atoms. The van der Waals surface area contributed by atoms with Gasteiger partial charge in [-0.25, -0.2) is 0 Å². The van der Waals surface area contributed by atoms with Crippen LogP contribution in [0.3, 0.4) is 0 Å². The van der Waals surface area contributed by atoms with Gasteiger partial charge < -0.3 is 5.32 Å². The Balaban J connectivity index is -0.0000000275. The molecule has 0 saturated carbocycles. The van der Waals surface area contributed by atoms with Gasteiger partial charge in [-0.15, -0.1) is 0 Å². The molecule has 39 valence electrons. The van der Waals surface area contributed by atoms with Crippen LogP contribution >= 0.6 is 0 Å². The van der Waals surface area contributed by atoms with Crippen LogP contribution < -0.4 is 17.0 Å². The Bertz CT molecular complexity index is 8.75. The van der Waals surface area contributed by atoms with Crippen LogP contribution in [0.2, 0.25) is 0 Å². The zero-order chi connectivity index (χ0) is 4.71. The average Bonchev–Trinajstić information content (AvgIpc) is 1.46. The van der Waals surface area contributed by atoms with Gasteiger partial charge in [0.15, 0.2) is 0 Å². The van der Waals surface area contributed by atoms with E-state index in [1.54, 1.807) is 0 Å². The molecule has 6 heavy (non-hydrogen) atoms. The number of nitrogens with one attached hydrogen (secondary N) is 1. The third-order valence-corrected chi connectivity index (χ3v) is 0. The topological polar surface area (TPSA) is 64.1 Å². The molecule has 0 fully saturated rings. The first-order valence-electron chi connectivity index (χ1n) is 1.33. The van der Waals surface area contributed by atoms with Crippen LogP contribution in [0.15, 0.2) is 0 Å². The molecule has 0 aliphatic carbocycles. The number of hydrogen-bond donors (Lipinski definition) is 3. The Kier molecular flexibility index (Phi) is 132. The molecule has 0 amide bonds. The summed E-state index contributed by atoms with van der Waals surface area (Å²) in [5, 5.41) is 2.75. The predicted octanol–water partition coefficient (Wildman–Crippen LogP) is -1.35. The molecular formula is C2H11N3Ru+3. The maximum atomic E-state index is 4.00. The molecular weight excluding hydrogens is 167 g/mol. The van der Waals surface area contributed by atoms with E-state index in [4.69, 9.17) is 0 Å². The van der Waals surface area contributed by atoms with Gasteiger partial charge in [0.2, 0.25) is 0 Å². The van der Waals surface area contributed by atoms with E-state index in [0.29, 0.717) is 0 Å². The molecule has 0 aromatic rings. The van der Waals surface area contributed by atoms with Gasteiger partial charge in [0.1, 0.15) is 0 Å². The standard InChI is InChI=1S/C2H7N.H4N2.Ru/c1-3-2;1-2;/h3H,1-2H3;1-2H2;/q;;+3. The van der Waals surface area contributed by atoms with Crippen molar-refractivity contribution >= 4 is 0 Å². The largest absolute Gasteiger partial charge is 3.00 e. The fourth-order valence-electron chi connectivity index (χ4n) is 0. The molecule has 0 bridgehead atoms. The van der Waals surface area contributed by atoms with Crippen LogP contribution in [-0.2, 0) is 19.5 Å². The second-order valence-electron chi connectivity index (χ2n) is 0.500. The second-order valence-corrected chi connectivity index (χ2v) is 0.500. The zero-order valence-corrected chi connectivity index (χ0v) is 5.75. The van der Waals surface area contributed by atoms with E-state index in [-0.39, 0.29) is 19.5 Å². The Morgan fingerprint density at radius 1 is 1.17 bits per heavy atom. The summed E-state index contributed by atoms with van der Waals surface area (Å²) in [5.41, 5.74) is 0. The first kappa shape index (κ1) is 16.0. The maximum Gasteiger partial charge on any atom is 3.00 e. The summed E-state index contributed by atoms with van der Waals surface area (Å²) in [5.74, 6) is 8.00. The molecule has 0 aromatic carbocycles. The SMILES string of the molecule is CNC.NN.[Ru+3]. The summed E-state index contributed by atoms with van der Waals surface area (Å²) in [6.45, 7) is 0. The molecule has 0 atom stereocenters. The van der Waals surface area contributed by atoms with E-state index < -0.39 is 0 Å². The fraction of sp³-hybridized carbons (Fsp3) is 1.00. The minimum absolute atomic E-state index is 0. The van der Waals surface area contributed by atoms with Gasteiger partial charge in [-0.1, -0.05) is 0 Å². The van der Waals surface area contributed by atoms with E-state index in [1.165, 1.54) is 0 Å². The fourth-order valence-corrected chi connectivity index (χ4v) is 0. The van der Waals surface area contributed by atoms with Crippen LogP contribution in [0.4, 0.5) is 0 Å². The van der Waals surface area contributed by atoms with E-state index in [9.17, 15) is 0 Å². The molecule has 5 N–H and O–H groups in total. The minimum Gasteiger partial charge on any atom is -0.323 e. The van der Waals surface area contributed by atoms with Crippen LogP contribution in [0.5, 0.6) is 0 Å². The quantitative estimate of drug-likeness (QED) is 0.244. The van der Waals surface area contributed by atoms with Gasteiger partial charge in [-0.05, 0) is 14.1 Å². The second kappa shape index (κ2) is 49.4. The smallest absolute Gasteiger partial charge is 0.323 e. The molecule has 3 nitrogen and oxygen atoms in total. The summed E-state index contributed by atoms with van der Waals surface area (Å²) in [6, 6.07) is 0. The van der Waals surface area contributed by atoms with E-state index in [2.05, 4.69) is 17.0 Å². The predicted molar refractivity (Wildman–Crippen MR) is 23.4 cm³/mol. The maximum absolute atomic E-state index is 4.00. The summed E-state index contributed by atoms with van der Waals surface area (Å²) in [4.78, 5) is 0. The Morgan fingerprint density at radius 2 is 1.17 bits per heavy atom. The van der Waals surface area contributed by atoms with Crippen molar-refractivity contribution in [3.8, 4) is 0 Å². The summed E-state index contributed by atoms with van der Waals surface area (Å²) in [7, 11) is 3.75. The first-order chi connectivity index (χ1) is 2.41. The number of nitrogens with two attached hydrogens (primary N) is 2. The van der Waals surface area contributed by atoms with Crippen LogP contribution in [0, 0.1) is 0 Å². The minimum atomic E-state index is 0. The molecule has 0 rings (SSSR count). The first-order valence-corrected chi connectivity index (χ1v) is 1.33. The van der Waals surface area contributed by atoms with Gasteiger partial charge in [0, 0.05) is 0 Å². The van der Waals surface area contributed by atoms with Crippen molar-refractivity contribution in [2.24, 2.45) is 11.7 Å². The Labute approximate surface area is 51.2 Å². The third kappa shape index (κ3) is 218. The molecule has 0 saturated heterocycles. The van der Waals surface area contributed by atoms with E-state index in [0.717, 1.165) is 0 Å². The van der Waals surface area contributed by atoms with Crippen LogP contribution in [0.1, 0.15) is 0 Å². The number of hydrazine groups is 1. The molecule has 0 aliphatic rings. The summed E-state index contributed by atoms with van der Waals surface area (Å²) < 4.78 is 0. The molecule has 0 aliphatic heterocycles.